The van der Waals surface area contributed by atoms with Gasteiger partial charge in [0.1, 0.15) is 5.82 Å². The van der Waals surface area contributed by atoms with Crippen molar-refractivity contribution in [2.24, 2.45) is 0 Å². The monoisotopic (exact) mass is 436 g/mol. The van der Waals surface area contributed by atoms with E-state index in [1.54, 1.807) is 12.1 Å². The van der Waals surface area contributed by atoms with Crippen molar-refractivity contribution in [1.82, 2.24) is 4.98 Å². The summed E-state index contributed by atoms with van der Waals surface area (Å²) in [5.41, 5.74) is 3.96. The molecule has 2 heterocycles. The van der Waals surface area contributed by atoms with Crippen LogP contribution in [0.1, 0.15) is 27.9 Å². The first kappa shape index (κ1) is 20.9. The highest BCUT2D eigenvalue weighted by atomic mass is 32.2. The van der Waals surface area contributed by atoms with Gasteiger partial charge in [0.05, 0.1) is 17.0 Å². The lowest BCUT2D eigenvalue weighted by molar-refractivity contribution is 0.102. The molecule has 0 unspecified atom stereocenters. The zero-order valence-corrected chi connectivity index (χ0v) is 18.0. The van der Waals surface area contributed by atoms with E-state index in [0.717, 1.165) is 16.8 Å². The molecule has 8 heteroatoms. The maximum Gasteiger partial charge on any atom is 0.257 e. The number of hydrogen-bond acceptors (Lipinski definition) is 5. The van der Waals surface area contributed by atoms with Crippen molar-refractivity contribution in [2.75, 3.05) is 27.2 Å². The summed E-state index contributed by atoms with van der Waals surface area (Å²) >= 11 is 0. The van der Waals surface area contributed by atoms with Gasteiger partial charge in [-0.2, -0.15) is 0 Å². The maximum absolute atomic E-state index is 12.4. The molecule has 1 aliphatic heterocycles. The smallest absolute Gasteiger partial charge is 0.257 e. The topological polar surface area (TPSA) is 91.4 Å². The second-order valence-electron chi connectivity index (χ2n) is 7.52. The summed E-state index contributed by atoms with van der Waals surface area (Å²) in [5, 5.41) is 6.06. The Morgan fingerprint density at radius 2 is 1.90 bits per heavy atom. The Morgan fingerprint density at radius 1 is 1.10 bits per heavy atom. The lowest BCUT2D eigenvalue weighted by Crippen LogP contribution is -2.25. The predicted molar refractivity (Wildman–Crippen MR) is 123 cm³/mol. The van der Waals surface area contributed by atoms with Crippen LogP contribution in [0.3, 0.4) is 0 Å². The van der Waals surface area contributed by atoms with E-state index < -0.39 is 10.0 Å². The summed E-state index contributed by atoms with van der Waals surface area (Å²) in [6, 6.07) is 18.5. The second kappa shape index (κ2) is 8.77. The Morgan fingerprint density at radius 3 is 2.58 bits per heavy atom. The van der Waals surface area contributed by atoms with Gasteiger partial charge in [-0.15, -0.1) is 0 Å². The van der Waals surface area contributed by atoms with E-state index in [1.165, 1.54) is 10.5 Å². The molecule has 160 valence electrons. The normalized spacial score (nSPS) is 14.9. The Hall–Kier alpha value is -3.39. The van der Waals surface area contributed by atoms with E-state index in [9.17, 15) is 13.2 Å². The predicted octanol–water partition coefficient (Wildman–Crippen LogP) is 3.79. The fourth-order valence-corrected chi connectivity index (χ4v) is 4.97. The molecule has 7 nitrogen and oxygen atoms in total. The molecule has 1 aromatic heterocycles. The molecule has 4 rings (SSSR count). The largest absolute Gasteiger partial charge is 0.366 e. The minimum absolute atomic E-state index is 0.198. The second-order valence-corrected chi connectivity index (χ2v) is 9.53. The molecule has 0 saturated carbocycles. The molecule has 0 radical (unpaired) electrons. The number of nitrogens with one attached hydrogen (secondary N) is 2. The molecule has 2 N–H and O–H groups in total. The number of hydrogen-bond donors (Lipinski definition) is 2. The Balaban J connectivity index is 1.37. The van der Waals surface area contributed by atoms with Gasteiger partial charge in [-0.3, -0.25) is 9.10 Å². The summed E-state index contributed by atoms with van der Waals surface area (Å²) in [5.74, 6) is 0.608. The number of aromatic nitrogens is 1. The fraction of sp³-hybridized carbons (Fsp3) is 0.217. The van der Waals surface area contributed by atoms with Crippen molar-refractivity contribution in [3.8, 4) is 0 Å². The molecule has 2 aromatic carbocycles. The zero-order chi connectivity index (χ0) is 21.8. The third kappa shape index (κ3) is 5.03. The minimum atomic E-state index is -3.20. The highest BCUT2D eigenvalue weighted by Gasteiger charge is 2.28. The molecule has 1 aliphatic rings. The Kier molecular flexibility index (Phi) is 5.90. The minimum Gasteiger partial charge on any atom is -0.366 e. The van der Waals surface area contributed by atoms with Crippen LogP contribution in [0, 0.1) is 6.92 Å². The van der Waals surface area contributed by atoms with Crippen LogP contribution < -0.4 is 14.9 Å². The van der Waals surface area contributed by atoms with Crippen LogP contribution in [0.15, 0.2) is 66.9 Å². The van der Waals surface area contributed by atoms with Crippen LogP contribution in [0.25, 0.3) is 0 Å². The molecule has 3 aromatic rings. The molecule has 1 fully saturated rings. The highest BCUT2D eigenvalue weighted by Crippen LogP contribution is 2.25. The van der Waals surface area contributed by atoms with Gasteiger partial charge < -0.3 is 10.6 Å². The van der Waals surface area contributed by atoms with Crippen molar-refractivity contribution < 1.29 is 13.2 Å². The number of nitrogens with zero attached hydrogens (tertiary/aromatic N) is 2. The molecule has 1 amide bonds. The zero-order valence-electron chi connectivity index (χ0n) is 17.2. The summed E-state index contributed by atoms with van der Waals surface area (Å²) in [6.45, 7) is 3.00. The SMILES string of the molecule is Cc1ccc(NC(=O)c2ccc(NCc3cccc(N4CCCS4(=O)=O)c3)nc2)cc1. The first-order chi connectivity index (χ1) is 14.9. The maximum atomic E-state index is 12.4. The van der Waals surface area contributed by atoms with Gasteiger partial charge in [-0.1, -0.05) is 29.8 Å². The van der Waals surface area contributed by atoms with Gasteiger partial charge in [-0.25, -0.2) is 13.4 Å². The third-order valence-corrected chi connectivity index (χ3v) is 6.98. The first-order valence-electron chi connectivity index (χ1n) is 10.1. The quantitative estimate of drug-likeness (QED) is 0.613. The van der Waals surface area contributed by atoms with Gasteiger partial charge in [0.2, 0.25) is 10.0 Å². The standard InChI is InChI=1S/C23H24N4O3S/c1-17-6-9-20(10-7-17)26-23(28)19-8-11-22(25-16-19)24-15-18-4-2-5-21(14-18)27-12-3-13-31(27,29)30/h2,4-11,14,16H,3,12-13,15H2,1H3,(H,24,25)(H,26,28). The summed E-state index contributed by atoms with van der Waals surface area (Å²) in [7, 11) is -3.20. The van der Waals surface area contributed by atoms with Gasteiger partial charge in [0, 0.05) is 25.0 Å². The number of anilines is 3. The lowest BCUT2D eigenvalue weighted by Gasteiger charge is -2.17. The van der Waals surface area contributed by atoms with Crippen LogP contribution in [0.2, 0.25) is 0 Å². The third-order valence-electron chi connectivity index (χ3n) is 5.11. The number of aryl methyl sites for hydroxylation is 1. The number of pyridine rings is 1. The van der Waals surface area contributed by atoms with Crippen LogP contribution in [0.4, 0.5) is 17.2 Å². The van der Waals surface area contributed by atoms with E-state index in [4.69, 9.17) is 0 Å². The molecule has 0 bridgehead atoms. The number of benzene rings is 2. The van der Waals surface area contributed by atoms with Crippen LogP contribution in [-0.2, 0) is 16.6 Å². The molecule has 0 aliphatic carbocycles. The van der Waals surface area contributed by atoms with Crippen LogP contribution in [-0.4, -0.2) is 31.6 Å². The Labute approximate surface area is 182 Å². The molecule has 31 heavy (non-hydrogen) atoms. The van der Waals surface area contributed by atoms with Crippen molar-refractivity contribution in [1.29, 1.82) is 0 Å². The molecular formula is C23H24N4O3S. The molecule has 0 atom stereocenters. The summed E-state index contributed by atoms with van der Waals surface area (Å²) < 4.78 is 25.7. The number of amides is 1. The molecule has 1 saturated heterocycles. The highest BCUT2D eigenvalue weighted by molar-refractivity contribution is 7.93. The van der Waals surface area contributed by atoms with Crippen LogP contribution in [0.5, 0.6) is 0 Å². The Bertz CT molecular complexity index is 1180. The van der Waals surface area contributed by atoms with E-state index in [2.05, 4.69) is 15.6 Å². The molecular weight excluding hydrogens is 412 g/mol. The van der Waals surface area contributed by atoms with E-state index >= 15 is 0 Å². The fourth-order valence-electron chi connectivity index (χ4n) is 3.42. The van der Waals surface area contributed by atoms with Gasteiger partial charge >= 0.3 is 0 Å². The van der Waals surface area contributed by atoms with Crippen LogP contribution >= 0.6 is 0 Å². The van der Waals surface area contributed by atoms with Crippen molar-refractivity contribution in [3.63, 3.8) is 0 Å². The summed E-state index contributed by atoms with van der Waals surface area (Å²) in [6.07, 6.45) is 2.18. The number of sulfonamides is 1. The number of rotatable bonds is 6. The van der Waals surface area contributed by atoms with Gasteiger partial charge in [-0.05, 0) is 55.3 Å². The number of carbonyl (C=O) groups is 1. The molecule has 0 spiro atoms. The van der Waals surface area contributed by atoms with Crippen molar-refractivity contribution in [3.05, 3.63) is 83.6 Å². The first-order valence-corrected chi connectivity index (χ1v) is 11.7. The van der Waals surface area contributed by atoms with Gasteiger partial charge in [0.25, 0.3) is 5.91 Å². The summed E-state index contributed by atoms with van der Waals surface area (Å²) in [4.78, 5) is 16.7. The average Bonchev–Trinajstić information content (AvgIpc) is 3.13. The van der Waals surface area contributed by atoms with Crippen molar-refractivity contribution >= 4 is 33.1 Å². The van der Waals surface area contributed by atoms with E-state index in [0.29, 0.717) is 36.6 Å². The van der Waals surface area contributed by atoms with E-state index in [1.807, 2.05) is 55.5 Å². The van der Waals surface area contributed by atoms with Gasteiger partial charge in [0.15, 0.2) is 0 Å². The average molecular weight is 437 g/mol. The van der Waals surface area contributed by atoms with Crippen molar-refractivity contribution in [2.45, 2.75) is 19.9 Å². The van der Waals surface area contributed by atoms with E-state index in [-0.39, 0.29) is 11.7 Å². The lowest BCUT2D eigenvalue weighted by atomic mass is 10.2. The number of carbonyl (C=O) groups excluding carboxylic acids is 1.